The maximum Gasteiger partial charge on any atom is 0.416 e. The summed E-state index contributed by atoms with van der Waals surface area (Å²) in [5.41, 5.74) is 0.418. The molecule has 1 aromatic carbocycles. The van der Waals surface area contributed by atoms with Crippen molar-refractivity contribution in [3.05, 3.63) is 35.4 Å². The Bertz CT molecular complexity index is 395. The van der Waals surface area contributed by atoms with Crippen molar-refractivity contribution in [2.45, 2.75) is 37.1 Å². The molecule has 0 saturated carbocycles. The lowest BCUT2D eigenvalue weighted by molar-refractivity contribution is -0.137. The zero-order valence-corrected chi connectivity index (χ0v) is 12.2. The molecule has 0 amide bonds. The summed E-state index contributed by atoms with van der Waals surface area (Å²) in [6, 6.07) is 5.54. The number of benzene rings is 1. The number of nitrogens with one attached hydrogen (secondary N) is 1. The van der Waals surface area contributed by atoms with Crippen LogP contribution in [0.2, 0.25) is 0 Å². The van der Waals surface area contributed by atoms with Crippen LogP contribution in [0.1, 0.15) is 30.4 Å². The average molecular weight is 303 g/mol. The topological polar surface area (TPSA) is 12.0 Å². The Balaban J connectivity index is 1.76. The van der Waals surface area contributed by atoms with Crippen LogP contribution in [-0.2, 0) is 12.6 Å². The molecule has 1 heterocycles. The Kier molecular flexibility index (Phi) is 5.78. The first-order valence-corrected chi connectivity index (χ1v) is 8.09. The van der Waals surface area contributed by atoms with Gasteiger partial charge in [-0.1, -0.05) is 12.1 Å². The van der Waals surface area contributed by atoms with E-state index in [-0.39, 0.29) is 0 Å². The largest absolute Gasteiger partial charge is 0.416 e. The third-order valence-electron chi connectivity index (χ3n) is 3.55. The lowest BCUT2D eigenvalue weighted by Crippen LogP contribution is -2.14. The van der Waals surface area contributed by atoms with E-state index in [1.54, 1.807) is 12.1 Å². The summed E-state index contributed by atoms with van der Waals surface area (Å²) >= 11 is 1.95. The highest BCUT2D eigenvalue weighted by Gasteiger charge is 2.29. The van der Waals surface area contributed by atoms with E-state index in [0.29, 0.717) is 5.25 Å². The second kappa shape index (κ2) is 7.36. The molecule has 1 aliphatic rings. The summed E-state index contributed by atoms with van der Waals surface area (Å²) < 4.78 is 37.3. The molecular weight excluding hydrogens is 283 g/mol. The molecule has 0 aromatic heterocycles. The predicted octanol–water partition coefficient (Wildman–Crippen LogP) is 4.12. The van der Waals surface area contributed by atoms with Gasteiger partial charge in [-0.25, -0.2) is 0 Å². The molecule has 1 nitrogen and oxygen atoms in total. The summed E-state index contributed by atoms with van der Waals surface area (Å²) in [6.45, 7) is 2.19. The van der Waals surface area contributed by atoms with Crippen molar-refractivity contribution >= 4 is 11.8 Å². The molecule has 0 radical (unpaired) electrons. The van der Waals surface area contributed by atoms with Crippen molar-refractivity contribution < 1.29 is 13.2 Å². The first-order valence-electron chi connectivity index (χ1n) is 7.04. The van der Waals surface area contributed by atoms with E-state index in [1.807, 2.05) is 11.8 Å². The van der Waals surface area contributed by atoms with Crippen LogP contribution in [0.4, 0.5) is 13.2 Å². The fourth-order valence-corrected chi connectivity index (χ4v) is 3.66. The number of rotatable bonds is 4. The monoisotopic (exact) mass is 303 g/mol. The molecule has 0 aliphatic carbocycles. The summed E-state index contributed by atoms with van der Waals surface area (Å²) in [5, 5.41) is 4.08. The van der Waals surface area contributed by atoms with E-state index < -0.39 is 11.7 Å². The first kappa shape index (κ1) is 15.7. The van der Waals surface area contributed by atoms with Gasteiger partial charge in [0.2, 0.25) is 0 Å². The van der Waals surface area contributed by atoms with E-state index in [0.717, 1.165) is 30.8 Å². The summed E-state index contributed by atoms with van der Waals surface area (Å²) in [7, 11) is 0. The Hall–Kier alpha value is -0.680. The van der Waals surface area contributed by atoms with Gasteiger partial charge in [-0.05, 0) is 62.2 Å². The predicted molar refractivity (Wildman–Crippen MR) is 78.1 cm³/mol. The lowest BCUT2D eigenvalue weighted by atomic mass is 10.1. The fraction of sp³-hybridized carbons (Fsp3) is 0.600. The van der Waals surface area contributed by atoms with E-state index in [2.05, 4.69) is 5.32 Å². The fourth-order valence-electron chi connectivity index (χ4n) is 2.36. The minimum Gasteiger partial charge on any atom is -0.317 e. The van der Waals surface area contributed by atoms with Gasteiger partial charge in [0.25, 0.3) is 0 Å². The van der Waals surface area contributed by atoms with Gasteiger partial charge in [-0.2, -0.15) is 24.9 Å². The van der Waals surface area contributed by atoms with Crippen molar-refractivity contribution in [3.8, 4) is 0 Å². The minimum absolute atomic E-state index is 0.566. The van der Waals surface area contributed by atoms with Crippen LogP contribution in [0.3, 0.4) is 0 Å². The molecule has 0 spiro atoms. The third kappa shape index (κ3) is 5.02. The van der Waals surface area contributed by atoms with Crippen LogP contribution in [0.15, 0.2) is 24.3 Å². The Morgan fingerprint density at radius 1 is 1.10 bits per heavy atom. The second-order valence-corrected chi connectivity index (χ2v) is 6.53. The van der Waals surface area contributed by atoms with E-state index in [4.69, 9.17) is 0 Å². The Morgan fingerprint density at radius 2 is 1.85 bits per heavy atom. The second-order valence-electron chi connectivity index (χ2n) is 5.12. The van der Waals surface area contributed by atoms with Crippen molar-refractivity contribution in [1.82, 2.24) is 5.32 Å². The van der Waals surface area contributed by atoms with Crippen LogP contribution in [-0.4, -0.2) is 24.1 Å². The highest BCUT2D eigenvalue weighted by Crippen LogP contribution is 2.29. The van der Waals surface area contributed by atoms with Crippen LogP contribution in [0, 0.1) is 0 Å². The molecular formula is C15H20F3NS. The van der Waals surface area contributed by atoms with Gasteiger partial charge in [0.1, 0.15) is 0 Å². The number of hydrogen-bond acceptors (Lipinski definition) is 2. The average Bonchev–Trinajstić information content (AvgIpc) is 2.67. The highest BCUT2D eigenvalue weighted by molar-refractivity contribution is 7.99. The van der Waals surface area contributed by atoms with Gasteiger partial charge in [0.05, 0.1) is 5.56 Å². The van der Waals surface area contributed by atoms with Gasteiger partial charge in [-0.15, -0.1) is 0 Å². The maximum absolute atomic E-state index is 12.4. The van der Waals surface area contributed by atoms with Gasteiger partial charge >= 0.3 is 6.18 Å². The summed E-state index contributed by atoms with van der Waals surface area (Å²) in [6.07, 6.45) is 0.258. The highest BCUT2D eigenvalue weighted by atomic mass is 32.2. The number of thioether (sulfide) groups is 1. The number of alkyl halides is 3. The van der Waals surface area contributed by atoms with Gasteiger partial charge in [0.15, 0.2) is 0 Å². The molecule has 20 heavy (non-hydrogen) atoms. The maximum atomic E-state index is 12.4. The molecule has 1 aliphatic heterocycles. The van der Waals surface area contributed by atoms with Crippen LogP contribution in [0.5, 0.6) is 0 Å². The van der Waals surface area contributed by atoms with E-state index in [9.17, 15) is 13.2 Å². The Morgan fingerprint density at radius 3 is 2.55 bits per heavy atom. The molecule has 0 bridgehead atoms. The molecule has 112 valence electrons. The Labute approximate surface area is 122 Å². The first-order chi connectivity index (χ1) is 9.55. The normalized spacial score (nSPS) is 20.6. The van der Waals surface area contributed by atoms with Crippen LogP contribution >= 0.6 is 11.8 Å². The zero-order chi connectivity index (χ0) is 14.4. The molecule has 1 unspecified atom stereocenters. The van der Waals surface area contributed by atoms with Crippen LogP contribution in [0.25, 0.3) is 0 Å². The molecule has 2 rings (SSSR count). The zero-order valence-electron chi connectivity index (χ0n) is 11.4. The van der Waals surface area contributed by atoms with Crippen molar-refractivity contribution in [1.29, 1.82) is 0 Å². The van der Waals surface area contributed by atoms with Crippen molar-refractivity contribution in [2.24, 2.45) is 0 Å². The molecule has 1 atom stereocenters. The lowest BCUT2D eigenvalue weighted by Gasteiger charge is -2.13. The van der Waals surface area contributed by atoms with E-state index in [1.165, 1.54) is 31.4 Å². The van der Waals surface area contributed by atoms with Crippen LogP contribution < -0.4 is 5.32 Å². The number of hydrogen-bond donors (Lipinski definition) is 1. The SMILES string of the molecule is FC(F)(F)c1ccc(CCSC2CCCNCC2)cc1. The summed E-state index contributed by atoms with van der Waals surface area (Å²) in [4.78, 5) is 0. The molecule has 1 N–H and O–H groups in total. The van der Waals surface area contributed by atoms with E-state index >= 15 is 0 Å². The quantitative estimate of drug-likeness (QED) is 0.898. The smallest absolute Gasteiger partial charge is 0.317 e. The third-order valence-corrected chi connectivity index (χ3v) is 4.93. The minimum atomic E-state index is -4.24. The molecule has 1 fully saturated rings. The number of aryl methyl sites for hydroxylation is 1. The van der Waals surface area contributed by atoms with Gasteiger partial charge in [-0.3, -0.25) is 0 Å². The van der Waals surface area contributed by atoms with Gasteiger partial charge in [0, 0.05) is 5.25 Å². The molecule has 1 aromatic rings. The standard InChI is InChI=1S/C15H20F3NS/c16-15(17,18)13-5-3-12(4-6-13)8-11-20-14-2-1-9-19-10-7-14/h3-6,14,19H,1-2,7-11H2. The van der Waals surface area contributed by atoms with Crippen molar-refractivity contribution in [3.63, 3.8) is 0 Å². The number of halogens is 3. The van der Waals surface area contributed by atoms with Crippen molar-refractivity contribution in [2.75, 3.05) is 18.8 Å². The molecule has 1 saturated heterocycles. The molecule has 5 heteroatoms. The summed E-state index contributed by atoms with van der Waals surface area (Å²) in [5.74, 6) is 0.982. The van der Waals surface area contributed by atoms with Gasteiger partial charge < -0.3 is 5.32 Å².